The lowest BCUT2D eigenvalue weighted by molar-refractivity contribution is -0.145. The van der Waals surface area contributed by atoms with Crippen molar-refractivity contribution < 1.29 is 14.3 Å². The summed E-state index contributed by atoms with van der Waals surface area (Å²) in [4.78, 5) is 11.2. The monoisotopic (exact) mass is 231 g/mol. The van der Waals surface area contributed by atoms with Crippen LogP contribution < -0.4 is 5.73 Å². The van der Waals surface area contributed by atoms with Crippen LogP contribution in [-0.2, 0) is 14.3 Å². The first kappa shape index (κ1) is 15.4. The van der Waals surface area contributed by atoms with E-state index in [4.69, 9.17) is 15.2 Å². The van der Waals surface area contributed by atoms with Gasteiger partial charge in [0, 0.05) is 13.0 Å². The lowest BCUT2D eigenvalue weighted by atomic mass is 10.2. The van der Waals surface area contributed by atoms with E-state index in [1.807, 2.05) is 0 Å². The first-order valence-electron chi connectivity index (χ1n) is 6.24. The number of rotatable bonds is 11. The number of carbonyl (C=O) groups excluding carboxylic acids is 1. The molecule has 0 aliphatic carbocycles. The van der Waals surface area contributed by atoms with E-state index in [0.717, 1.165) is 38.7 Å². The van der Waals surface area contributed by atoms with Gasteiger partial charge in [-0.15, -0.1) is 0 Å². The molecule has 0 aliphatic rings. The first-order valence-corrected chi connectivity index (χ1v) is 6.24. The van der Waals surface area contributed by atoms with Gasteiger partial charge in [-0.1, -0.05) is 19.8 Å². The number of ether oxygens (including phenoxy) is 2. The molecule has 0 fully saturated rings. The Morgan fingerprint density at radius 3 is 2.56 bits per heavy atom. The van der Waals surface area contributed by atoms with Crippen LogP contribution in [0.5, 0.6) is 0 Å². The molecule has 16 heavy (non-hydrogen) atoms. The molecule has 0 aromatic rings. The molecule has 2 N–H and O–H groups in total. The number of esters is 1. The van der Waals surface area contributed by atoms with Crippen LogP contribution in [0.1, 0.15) is 45.4 Å². The Hall–Kier alpha value is -0.610. The molecular formula is C12H25NO3. The van der Waals surface area contributed by atoms with Crippen molar-refractivity contribution >= 4 is 5.97 Å². The SMILES string of the molecule is CCCCOCCOC(=O)CCCCCN. The number of nitrogens with two attached hydrogens (primary N) is 1. The van der Waals surface area contributed by atoms with Crippen molar-refractivity contribution in [1.29, 1.82) is 0 Å². The van der Waals surface area contributed by atoms with Crippen molar-refractivity contribution in [2.24, 2.45) is 5.73 Å². The standard InChI is InChI=1S/C12H25NO3/c1-2-3-9-15-10-11-16-12(14)7-5-4-6-8-13/h2-11,13H2,1H3. The van der Waals surface area contributed by atoms with E-state index in [9.17, 15) is 4.79 Å². The van der Waals surface area contributed by atoms with Crippen molar-refractivity contribution in [3.63, 3.8) is 0 Å². The molecule has 0 unspecified atom stereocenters. The average molecular weight is 231 g/mol. The molecule has 4 heteroatoms. The highest BCUT2D eigenvalue weighted by atomic mass is 16.6. The third-order valence-corrected chi connectivity index (χ3v) is 2.22. The maximum Gasteiger partial charge on any atom is 0.305 e. The van der Waals surface area contributed by atoms with E-state index in [1.54, 1.807) is 0 Å². The van der Waals surface area contributed by atoms with E-state index >= 15 is 0 Å². The van der Waals surface area contributed by atoms with Crippen LogP contribution in [0, 0.1) is 0 Å². The fourth-order valence-electron chi connectivity index (χ4n) is 1.23. The third kappa shape index (κ3) is 11.5. The van der Waals surface area contributed by atoms with Gasteiger partial charge in [-0.05, 0) is 25.8 Å². The van der Waals surface area contributed by atoms with Gasteiger partial charge in [0.15, 0.2) is 0 Å². The Bertz CT molecular complexity index is 162. The minimum absolute atomic E-state index is 0.129. The van der Waals surface area contributed by atoms with Gasteiger partial charge in [-0.25, -0.2) is 0 Å². The van der Waals surface area contributed by atoms with Gasteiger partial charge < -0.3 is 15.2 Å². The zero-order valence-electron chi connectivity index (χ0n) is 10.4. The largest absolute Gasteiger partial charge is 0.463 e. The van der Waals surface area contributed by atoms with Gasteiger partial charge in [0.05, 0.1) is 6.61 Å². The van der Waals surface area contributed by atoms with E-state index in [1.165, 1.54) is 0 Å². The second kappa shape index (κ2) is 12.5. The molecule has 96 valence electrons. The van der Waals surface area contributed by atoms with Crippen LogP contribution in [-0.4, -0.2) is 32.3 Å². The fourth-order valence-corrected chi connectivity index (χ4v) is 1.23. The van der Waals surface area contributed by atoms with Gasteiger partial charge >= 0.3 is 5.97 Å². The summed E-state index contributed by atoms with van der Waals surface area (Å²) < 4.78 is 10.3. The Morgan fingerprint density at radius 2 is 1.88 bits per heavy atom. The molecule has 0 bridgehead atoms. The lowest BCUT2D eigenvalue weighted by Gasteiger charge is -2.05. The highest BCUT2D eigenvalue weighted by molar-refractivity contribution is 5.69. The van der Waals surface area contributed by atoms with Crippen molar-refractivity contribution in [3.8, 4) is 0 Å². The zero-order chi connectivity index (χ0) is 12.1. The summed E-state index contributed by atoms with van der Waals surface area (Å²) in [6.45, 7) is 4.45. The summed E-state index contributed by atoms with van der Waals surface area (Å²) in [7, 11) is 0. The second-order valence-electron chi connectivity index (χ2n) is 3.79. The Labute approximate surface area is 98.5 Å². The van der Waals surface area contributed by atoms with Gasteiger partial charge in [-0.3, -0.25) is 4.79 Å². The molecule has 0 rings (SSSR count). The lowest BCUT2D eigenvalue weighted by Crippen LogP contribution is -2.11. The van der Waals surface area contributed by atoms with Crippen molar-refractivity contribution in [3.05, 3.63) is 0 Å². The molecule has 4 nitrogen and oxygen atoms in total. The van der Waals surface area contributed by atoms with Crippen LogP contribution in [0.25, 0.3) is 0 Å². The average Bonchev–Trinajstić information content (AvgIpc) is 2.29. The van der Waals surface area contributed by atoms with Crippen LogP contribution in [0.4, 0.5) is 0 Å². The van der Waals surface area contributed by atoms with Crippen molar-refractivity contribution in [2.75, 3.05) is 26.4 Å². The summed E-state index contributed by atoms with van der Waals surface area (Å²) in [6.07, 6.45) is 5.53. The molecule has 0 spiro atoms. The molecule has 0 aliphatic heterocycles. The summed E-state index contributed by atoms with van der Waals surface area (Å²) >= 11 is 0. The van der Waals surface area contributed by atoms with Crippen molar-refractivity contribution in [1.82, 2.24) is 0 Å². The number of unbranched alkanes of at least 4 members (excludes halogenated alkanes) is 3. The molecule has 0 amide bonds. The third-order valence-electron chi connectivity index (χ3n) is 2.22. The summed E-state index contributed by atoms with van der Waals surface area (Å²) in [5, 5.41) is 0. The second-order valence-corrected chi connectivity index (χ2v) is 3.79. The molecule has 0 atom stereocenters. The smallest absolute Gasteiger partial charge is 0.305 e. The van der Waals surface area contributed by atoms with Gasteiger partial charge in [0.1, 0.15) is 6.61 Å². The van der Waals surface area contributed by atoms with Crippen molar-refractivity contribution in [2.45, 2.75) is 45.4 Å². The predicted octanol–water partition coefficient (Wildman–Crippen LogP) is 1.87. The molecule has 0 aromatic carbocycles. The van der Waals surface area contributed by atoms with E-state index in [-0.39, 0.29) is 5.97 Å². The molecule has 0 aromatic heterocycles. The number of carbonyl (C=O) groups is 1. The van der Waals surface area contributed by atoms with E-state index in [2.05, 4.69) is 6.92 Å². The van der Waals surface area contributed by atoms with Crippen LogP contribution in [0.2, 0.25) is 0 Å². The Balaban J connectivity index is 3.11. The van der Waals surface area contributed by atoms with E-state index in [0.29, 0.717) is 26.2 Å². The number of hydrogen-bond donors (Lipinski definition) is 1. The van der Waals surface area contributed by atoms with E-state index < -0.39 is 0 Å². The van der Waals surface area contributed by atoms with Gasteiger partial charge in [0.25, 0.3) is 0 Å². The summed E-state index contributed by atoms with van der Waals surface area (Å²) in [5.41, 5.74) is 5.35. The van der Waals surface area contributed by atoms with Crippen LogP contribution in [0.3, 0.4) is 0 Å². The summed E-state index contributed by atoms with van der Waals surface area (Å²) in [5.74, 6) is -0.129. The Morgan fingerprint density at radius 1 is 1.06 bits per heavy atom. The quantitative estimate of drug-likeness (QED) is 0.435. The Kier molecular flexibility index (Phi) is 12.0. The summed E-state index contributed by atoms with van der Waals surface area (Å²) in [6, 6.07) is 0. The maximum absolute atomic E-state index is 11.2. The van der Waals surface area contributed by atoms with Crippen LogP contribution >= 0.6 is 0 Å². The van der Waals surface area contributed by atoms with Gasteiger partial charge in [-0.2, -0.15) is 0 Å². The molecular weight excluding hydrogens is 206 g/mol. The normalized spacial score (nSPS) is 10.4. The highest BCUT2D eigenvalue weighted by Gasteiger charge is 2.01. The predicted molar refractivity (Wildman–Crippen MR) is 64.2 cm³/mol. The van der Waals surface area contributed by atoms with Crippen LogP contribution in [0.15, 0.2) is 0 Å². The maximum atomic E-state index is 11.2. The molecule has 0 saturated heterocycles. The minimum atomic E-state index is -0.129. The highest BCUT2D eigenvalue weighted by Crippen LogP contribution is 2.00. The zero-order valence-corrected chi connectivity index (χ0v) is 10.4. The first-order chi connectivity index (χ1) is 7.81. The van der Waals surface area contributed by atoms with Gasteiger partial charge in [0.2, 0.25) is 0 Å². The molecule has 0 saturated carbocycles. The fraction of sp³-hybridized carbons (Fsp3) is 0.917. The topological polar surface area (TPSA) is 61.5 Å². The molecule has 0 radical (unpaired) electrons. The number of hydrogen-bond acceptors (Lipinski definition) is 4. The minimum Gasteiger partial charge on any atom is -0.463 e. The molecule has 0 heterocycles.